The predicted octanol–water partition coefficient (Wildman–Crippen LogP) is 1.15. The Morgan fingerprint density at radius 3 is 2.38 bits per heavy atom. The van der Waals surface area contributed by atoms with Gasteiger partial charge in [0.05, 0.1) is 0 Å². The van der Waals surface area contributed by atoms with E-state index in [9.17, 15) is 9.59 Å². The molecule has 0 spiro atoms. The Hall–Kier alpha value is -2.04. The summed E-state index contributed by atoms with van der Waals surface area (Å²) in [7, 11) is 1.56. The van der Waals surface area contributed by atoms with E-state index in [2.05, 4.69) is 10.6 Å². The van der Waals surface area contributed by atoms with Crippen LogP contribution in [0.4, 0.5) is 4.79 Å². The van der Waals surface area contributed by atoms with E-state index in [1.807, 2.05) is 0 Å². The first kappa shape index (κ1) is 12.0. The lowest BCUT2D eigenvalue weighted by atomic mass is 10.2. The van der Waals surface area contributed by atoms with E-state index in [0.29, 0.717) is 17.9 Å². The average Bonchev–Trinajstić information content (AvgIpc) is 2.29. The zero-order valence-corrected chi connectivity index (χ0v) is 9.24. The summed E-state index contributed by atoms with van der Waals surface area (Å²) in [6.45, 7) is 2.31. The number of amides is 2. The number of carbonyl (C=O) groups excluding carboxylic acids is 2. The number of benzene rings is 1. The highest BCUT2D eigenvalue weighted by Crippen LogP contribution is 2.12. The number of nitrogens with one attached hydrogen (secondary N) is 2. The molecule has 5 heteroatoms. The highest BCUT2D eigenvalue weighted by molar-refractivity contribution is 5.94. The first-order valence-electron chi connectivity index (χ1n) is 4.95. The molecule has 0 aromatic heterocycles. The summed E-state index contributed by atoms with van der Waals surface area (Å²) in [5, 5.41) is 5.00. The molecule has 0 atom stereocenters. The van der Waals surface area contributed by atoms with Crippen LogP contribution < -0.4 is 15.4 Å². The summed E-state index contributed by atoms with van der Waals surface area (Å²) in [6.07, 6.45) is -0.504. The van der Waals surface area contributed by atoms with E-state index in [4.69, 9.17) is 4.74 Å². The Morgan fingerprint density at radius 1 is 1.25 bits per heavy atom. The third kappa shape index (κ3) is 3.27. The molecule has 0 aliphatic rings. The van der Waals surface area contributed by atoms with Crippen LogP contribution in [0.5, 0.6) is 5.75 Å². The summed E-state index contributed by atoms with van der Waals surface area (Å²) < 4.78 is 4.94. The van der Waals surface area contributed by atoms with Gasteiger partial charge in [0, 0.05) is 19.2 Å². The standard InChI is InChI=1S/C11H14N2O3/c1-3-13-11(15)16-9-6-4-8(5-7-9)10(14)12-2/h4-7H,3H2,1-2H3,(H,12,14)(H,13,15). The molecule has 2 amide bonds. The number of carbonyl (C=O) groups is 2. The molecule has 0 aliphatic heterocycles. The van der Waals surface area contributed by atoms with Crippen LogP contribution >= 0.6 is 0 Å². The molecule has 1 aromatic rings. The first-order valence-corrected chi connectivity index (χ1v) is 4.95. The topological polar surface area (TPSA) is 67.4 Å². The molecule has 0 unspecified atom stereocenters. The third-order valence-corrected chi connectivity index (χ3v) is 1.88. The molecule has 1 rings (SSSR count). The average molecular weight is 222 g/mol. The van der Waals surface area contributed by atoms with Gasteiger partial charge in [-0.3, -0.25) is 4.79 Å². The molecular formula is C11H14N2O3. The van der Waals surface area contributed by atoms with Crippen molar-refractivity contribution in [3.63, 3.8) is 0 Å². The minimum Gasteiger partial charge on any atom is -0.410 e. The lowest BCUT2D eigenvalue weighted by molar-refractivity contribution is 0.0963. The molecule has 0 saturated heterocycles. The molecule has 86 valence electrons. The van der Waals surface area contributed by atoms with Crippen LogP contribution in [0.3, 0.4) is 0 Å². The zero-order chi connectivity index (χ0) is 12.0. The Bertz CT molecular complexity index is 373. The largest absolute Gasteiger partial charge is 0.412 e. The van der Waals surface area contributed by atoms with Gasteiger partial charge in [0.25, 0.3) is 5.91 Å². The third-order valence-electron chi connectivity index (χ3n) is 1.88. The summed E-state index contributed by atoms with van der Waals surface area (Å²) >= 11 is 0. The molecule has 16 heavy (non-hydrogen) atoms. The van der Waals surface area contributed by atoms with Gasteiger partial charge in [0.1, 0.15) is 5.75 Å². The van der Waals surface area contributed by atoms with Gasteiger partial charge in [-0.15, -0.1) is 0 Å². The fourth-order valence-corrected chi connectivity index (χ4v) is 1.11. The SMILES string of the molecule is CCNC(=O)Oc1ccc(C(=O)NC)cc1. The van der Waals surface area contributed by atoms with Crippen LogP contribution in [0.2, 0.25) is 0 Å². The van der Waals surface area contributed by atoms with Gasteiger partial charge in [-0.1, -0.05) is 0 Å². The highest BCUT2D eigenvalue weighted by atomic mass is 16.5. The lowest BCUT2D eigenvalue weighted by Gasteiger charge is -2.05. The van der Waals surface area contributed by atoms with E-state index in [1.54, 1.807) is 38.2 Å². The Morgan fingerprint density at radius 2 is 1.88 bits per heavy atom. The molecule has 1 aromatic carbocycles. The van der Waals surface area contributed by atoms with E-state index < -0.39 is 6.09 Å². The van der Waals surface area contributed by atoms with Crippen LogP contribution in [0.1, 0.15) is 17.3 Å². The molecule has 0 radical (unpaired) electrons. The first-order chi connectivity index (χ1) is 7.67. The number of hydrogen-bond acceptors (Lipinski definition) is 3. The van der Waals surface area contributed by atoms with Crippen LogP contribution in [-0.4, -0.2) is 25.6 Å². The maximum Gasteiger partial charge on any atom is 0.412 e. The summed E-state index contributed by atoms with van der Waals surface area (Å²) in [6, 6.07) is 6.32. The van der Waals surface area contributed by atoms with Gasteiger partial charge in [0.2, 0.25) is 0 Å². The van der Waals surface area contributed by atoms with Crippen molar-refractivity contribution in [3.8, 4) is 5.75 Å². The Kier molecular flexibility index (Phi) is 4.32. The molecule has 2 N–H and O–H groups in total. The van der Waals surface area contributed by atoms with Crippen molar-refractivity contribution in [3.05, 3.63) is 29.8 Å². The Balaban J connectivity index is 2.64. The van der Waals surface area contributed by atoms with Crippen LogP contribution in [-0.2, 0) is 0 Å². The maximum absolute atomic E-state index is 11.2. The zero-order valence-electron chi connectivity index (χ0n) is 9.24. The van der Waals surface area contributed by atoms with Crippen molar-refractivity contribution < 1.29 is 14.3 Å². The number of rotatable bonds is 3. The second kappa shape index (κ2) is 5.75. The minimum atomic E-state index is -0.504. The monoisotopic (exact) mass is 222 g/mol. The molecule has 5 nitrogen and oxygen atoms in total. The van der Waals surface area contributed by atoms with Gasteiger partial charge in [-0.2, -0.15) is 0 Å². The normalized spacial score (nSPS) is 9.38. The summed E-state index contributed by atoms with van der Waals surface area (Å²) in [5.41, 5.74) is 0.519. The molecule has 0 heterocycles. The van der Waals surface area contributed by atoms with E-state index >= 15 is 0 Å². The second-order valence-electron chi connectivity index (χ2n) is 3.02. The fraction of sp³-hybridized carbons (Fsp3) is 0.273. The van der Waals surface area contributed by atoms with Crippen molar-refractivity contribution in [2.75, 3.05) is 13.6 Å². The maximum atomic E-state index is 11.2. The molecular weight excluding hydrogens is 208 g/mol. The molecule has 0 aliphatic carbocycles. The van der Waals surface area contributed by atoms with Gasteiger partial charge < -0.3 is 15.4 Å². The van der Waals surface area contributed by atoms with Crippen molar-refractivity contribution in [2.24, 2.45) is 0 Å². The smallest absolute Gasteiger partial charge is 0.410 e. The molecule has 0 fully saturated rings. The highest BCUT2D eigenvalue weighted by Gasteiger charge is 2.05. The number of ether oxygens (including phenoxy) is 1. The summed E-state index contributed by atoms with van der Waals surface area (Å²) in [5.74, 6) is 0.225. The van der Waals surface area contributed by atoms with Crippen molar-refractivity contribution >= 4 is 12.0 Å². The van der Waals surface area contributed by atoms with E-state index in [-0.39, 0.29) is 5.91 Å². The van der Waals surface area contributed by atoms with Crippen molar-refractivity contribution in [1.29, 1.82) is 0 Å². The number of hydrogen-bond donors (Lipinski definition) is 2. The predicted molar refractivity (Wildman–Crippen MR) is 59.5 cm³/mol. The lowest BCUT2D eigenvalue weighted by Crippen LogP contribution is -2.26. The van der Waals surface area contributed by atoms with Gasteiger partial charge in [0.15, 0.2) is 0 Å². The quantitative estimate of drug-likeness (QED) is 0.806. The van der Waals surface area contributed by atoms with Gasteiger partial charge in [-0.25, -0.2) is 4.79 Å². The minimum absolute atomic E-state index is 0.176. The van der Waals surface area contributed by atoms with Crippen LogP contribution in [0.25, 0.3) is 0 Å². The molecule has 0 bridgehead atoms. The second-order valence-corrected chi connectivity index (χ2v) is 3.02. The van der Waals surface area contributed by atoms with E-state index in [0.717, 1.165) is 0 Å². The van der Waals surface area contributed by atoms with Gasteiger partial charge >= 0.3 is 6.09 Å². The summed E-state index contributed by atoms with van der Waals surface area (Å²) in [4.78, 5) is 22.3. The van der Waals surface area contributed by atoms with E-state index in [1.165, 1.54) is 0 Å². The Labute approximate surface area is 93.8 Å². The van der Waals surface area contributed by atoms with Crippen molar-refractivity contribution in [2.45, 2.75) is 6.92 Å². The van der Waals surface area contributed by atoms with Gasteiger partial charge in [-0.05, 0) is 31.2 Å². The van der Waals surface area contributed by atoms with Crippen molar-refractivity contribution in [1.82, 2.24) is 10.6 Å². The molecule has 0 saturated carbocycles. The fourth-order valence-electron chi connectivity index (χ4n) is 1.11. The van der Waals surface area contributed by atoms with Crippen LogP contribution in [0, 0.1) is 0 Å². The van der Waals surface area contributed by atoms with Crippen LogP contribution in [0.15, 0.2) is 24.3 Å².